The van der Waals surface area contributed by atoms with E-state index in [0.717, 1.165) is 12.8 Å². The Morgan fingerprint density at radius 1 is 1.08 bits per heavy atom. The molecule has 6 heteroatoms. The Kier molecular flexibility index (Phi) is 6.17. The summed E-state index contributed by atoms with van der Waals surface area (Å²) in [5, 5.41) is 5.70. The zero-order valence-corrected chi connectivity index (χ0v) is 15.2. The highest BCUT2D eigenvalue weighted by Crippen LogP contribution is 2.16. The molecule has 1 heterocycles. The molecular formula is C19H27N3O3. The van der Waals surface area contributed by atoms with E-state index in [9.17, 15) is 14.4 Å². The van der Waals surface area contributed by atoms with Crippen LogP contribution in [0.4, 0.5) is 0 Å². The van der Waals surface area contributed by atoms with Crippen molar-refractivity contribution in [3.05, 3.63) is 35.9 Å². The Hall–Kier alpha value is -2.37. The van der Waals surface area contributed by atoms with Gasteiger partial charge < -0.3 is 15.5 Å². The lowest BCUT2D eigenvalue weighted by atomic mass is 9.94. The zero-order valence-electron chi connectivity index (χ0n) is 15.2. The second-order valence-corrected chi connectivity index (χ2v) is 7.43. The van der Waals surface area contributed by atoms with Gasteiger partial charge in [0.25, 0.3) is 5.91 Å². The molecule has 1 saturated heterocycles. The van der Waals surface area contributed by atoms with Gasteiger partial charge in [-0.15, -0.1) is 0 Å². The fourth-order valence-electron chi connectivity index (χ4n) is 2.63. The van der Waals surface area contributed by atoms with Crippen LogP contribution in [0.2, 0.25) is 0 Å². The van der Waals surface area contributed by atoms with Crippen LogP contribution in [0.15, 0.2) is 30.3 Å². The molecule has 1 aliphatic heterocycles. The van der Waals surface area contributed by atoms with Crippen LogP contribution in [0.3, 0.4) is 0 Å². The van der Waals surface area contributed by atoms with Gasteiger partial charge in [0.2, 0.25) is 11.8 Å². The molecule has 0 saturated carbocycles. The molecule has 1 aromatic rings. The minimum atomic E-state index is -0.408. The molecule has 0 aliphatic carbocycles. The van der Waals surface area contributed by atoms with Crippen molar-refractivity contribution in [3.8, 4) is 0 Å². The van der Waals surface area contributed by atoms with Crippen LogP contribution < -0.4 is 10.6 Å². The van der Waals surface area contributed by atoms with E-state index in [1.807, 2.05) is 26.8 Å². The molecule has 1 aromatic carbocycles. The van der Waals surface area contributed by atoms with Gasteiger partial charge in [0.05, 0.1) is 6.54 Å². The molecule has 136 valence electrons. The van der Waals surface area contributed by atoms with Crippen molar-refractivity contribution in [2.24, 2.45) is 5.41 Å². The van der Waals surface area contributed by atoms with Gasteiger partial charge in [-0.25, -0.2) is 0 Å². The SMILES string of the molecule is CC(C)(C)C(=O)NC1CCN(C(=O)CNC(=O)c2ccccc2)CC1. The van der Waals surface area contributed by atoms with E-state index in [-0.39, 0.29) is 30.3 Å². The summed E-state index contributed by atoms with van der Waals surface area (Å²) < 4.78 is 0. The van der Waals surface area contributed by atoms with Crippen LogP contribution in [-0.4, -0.2) is 48.3 Å². The lowest BCUT2D eigenvalue weighted by Crippen LogP contribution is -2.50. The molecule has 0 atom stereocenters. The van der Waals surface area contributed by atoms with Crippen molar-refractivity contribution in [1.82, 2.24) is 15.5 Å². The van der Waals surface area contributed by atoms with Crippen molar-refractivity contribution in [2.45, 2.75) is 39.7 Å². The average molecular weight is 345 g/mol. The number of rotatable bonds is 4. The molecule has 1 aliphatic rings. The summed E-state index contributed by atoms with van der Waals surface area (Å²) in [6, 6.07) is 8.94. The summed E-state index contributed by atoms with van der Waals surface area (Å²) >= 11 is 0. The first kappa shape index (κ1) is 19.0. The van der Waals surface area contributed by atoms with Crippen molar-refractivity contribution in [2.75, 3.05) is 19.6 Å². The van der Waals surface area contributed by atoms with Crippen molar-refractivity contribution >= 4 is 17.7 Å². The molecule has 0 bridgehead atoms. The first-order valence-electron chi connectivity index (χ1n) is 8.69. The standard InChI is InChI=1S/C19H27N3O3/c1-19(2,3)18(25)21-15-9-11-22(12-10-15)16(23)13-20-17(24)14-7-5-4-6-8-14/h4-8,15H,9-13H2,1-3H3,(H,20,24)(H,21,25). The minimum absolute atomic E-state index is 0.00720. The van der Waals surface area contributed by atoms with Gasteiger partial charge in [-0.1, -0.05) is 39.0 Å². The summed E-state index contributed by atoms with van der Waals surface area (Å²) in [7, 11) is 0. The fraction of sp³-hybridized carbons (Fsp3) is 0.526. The Morgan fingerprint density at radius 2 is 1.68 bits per heavy atom. The average Bonchev–Trinajstić information content (AvgIpc) is 2.60. The van der Waals surface area contributed by atoms with Gasteiger partial charge in [0.1, 0.15) is 0 Å². The Labute approximate surface area is 149 Å². The maximum absolute atomic E-state index is 12.2. The molecule has 6 nitrogen and oxygen atoms in total. The van der Waals surface area contributed by atoms with Crippen LogP contribution in [0.1, 0.15) is 44.0 Å². The summed E-state index contributed by atoms with van der Waals surface area (Å²) in [6.45, 7) is 6.83. The Morgan fingerprint density at radius 3 is 2.24 bits per heavy atom. The van der Waals surface area contributed by atoms with Gasteiger partial charge >= 0.3 is 0 Å². The van der Waals surface area contributed by atoms with E-state index in [1.54, 1.807) is 29.2 Å². The topological polar surface area (TPSA) is 78.5 Å². The summed E-state index contributed by atoms with van der Waals surface area (Å²) in [4.78, 5) is 38.0. The maximum Gasteiger partial charge on any atom is 0.251 e. The van der Waals surface area contributed by atoms with E-state index in [4.69, 9.17) is 0 Å². The highest BCUT2D eigenvalue weighted by Gasteiger charge is 2.27. The molecule has 3 amide bonds. The van der Waals surface area contributed by atoms with Gasteiger partial charge in [0.15, 0.2) is 0 Å². The number of nitrogens with zero attached hydrogens (tertiary/aromatic N) is 1. The van der Waals surface area contributed by atoms with Gasteiger partial charge in [-0.05, 0) is 25.0 Å². The van der Waals surface area contributed by atoms with Crippen LogP contribution >= 0.6 is 0 Å². The lowest BCUT2D eigenvalue weighted by Gasteiger charge is -2.33. The number of hydrogen-bond donors (Lipinski definition) is 2. The normalized spacial score (nSPS) is 15.6. The number of carbonyl (C=O) groups excluding carboxylic acids is 3. The number of amides is 3. The summed E-state index contributed by atoms with van der Waals surface area (Å²) in [5.41, 5.74) is 0.133. The second kappa shape index (κ2) is 8.14. The van der Waals surface area contributed by atoms with Crippen LogP contribution in [-0.2, 0) is 9.59 Å². The van der Waals surface area contributed by atoms with Gasteiger partial charge in [-0.3, -0.25) is 14.4 Å². The van der Waals surface area contributed by atoms with Crippen LogP contribution in [0, 0.1) is 5.41 Å². The van der Waals surface area contributed by atoms with E-state index in [1.165, 1.54) is 0 Å². The number of carbonyl (C=O) groups is 3. The second-order valence-electron chi connectivity index (χ2n) is 7.43. The van der Waals surface area contributed by atoms with Crippen LogP contribution in [0.25, 0.3) is 0 Å². The molecule has 25 heavy (non-hydrogen) atoms. The first-order chi connectivity index (χ1) is 11.8. The van der Waals surface area contributed by atoms with E-state index < -0.39 is 5.41 Å². The lowest BCUT2D eigenvalue weighted by molar-refractivity contribution is -0.132. The number of likely N-dealkylation sites (tertiary alicyclic amines) is 1. The minimum Gasteiger partial charge on any atom is -0.353 e. The summed E-state index contributed by atoms with van der Waals surface area (Å²) in [6.07, 6.45) is 1.47. The van der Waals surface area contributed by atoms with Crippen LogP contribution in [0.5, 0.6) is 0 Å². The number of nitrogens with one attached hydrogen (secondary N) is 2. The molecule has 0 aromatic heterocycles. The number of hydrogen-bond acceptors (Lipinski definition) is 3. The Bertz CT molecular complexity index is 615. The molecule has 0 radical (unpaired) electrons. The highest BCUT2D eigenvalue weighted by molar-refractivity contribution is 5.96. The molecule has 2 rings (SSSR count). The maximum atomic E-state index is 12.2. The third kappa shape index (κ3) is 5.59. The zero-order chi connectivity index (χ0) is 18.4. The first-order valence-corrected chi connectivity index (χ1v) is 8.69. The van der Waals surface area contributed by atoms with E-state index in [2.05, 4.69) is 10.6 Å². The number of piperidine rings is 1. The number of benzene rings is 1. The summed E-state index contributed by atoms with van der Waals surface area (Å²) in [5.74, 6) is -0.307. The van der Waals surface area contributed by atoms with Gasteiger partial charge in [-0.2, -0.15) is 0 Å². The molecular weight excluding hydrogens is 318 g/mol. The Balaban J connectivity index is 1.74. The third-order valence-corrected chi connectivity index (χ3v) is 4.30. The smallest absolute Gasteiger partial charge is 0.251 e. The predicted octanol–water partition coefficient (Wildman–Crippen LogP) is 1.57. The van der Waals surface area contributed by atoms with Gasteiger partial charge in [0, 0.05) is 30.1 Å². The molecule has 2 N–H and O–H groups in total. The molecule has 0 unspecified atom stereocenters. The van der Waals surface area contributed by atoms with Crippen molar-refractivity contribution < 1.29 is 14.4 Å². The monoisotopic (exact) mass is 345 g/mol. The predicted molar refractivity (Wildman–Crippen MR) is 96.0 cm³/mol. The largest absolute Gasteiger partial charge is 0.353 e. The van der Waals surface area contributed by atoms with Crippen molar-refractivity contribution in [1.29, 1.82) is 0 Å². The fourth-order valence-corrected chi connectivity index (χ4v) is 2.63. The van der Waals surface area contributed by atoms with E-state index in [0.29, 0.717) is 18.7 Å². The molecule has 0 spiro atoms. The molecule has 1 fully saturated rings. The third-order valence-electron chi connectivity index (χ3n) is 4.30. The van der Waals surface area contributed by atoms with E-state index >= 15 is 0 Å². The highest BCUT2D eigenvalue weighted by atomic mass is 16.2. The quantitative estimate of drug-likeness (QED) is 0.869. The van der Waals surface area contributed by atoms with Crippen molar-refractivity contribution in [3.63, 3.8) is 0 Å².